The van der Waals surface area contributed by atoms with Crippen LogP contribution in [0.2, 0.25) is 0 Å². The van der Waals surface area contributed by atoms with Crippen LogP contribution in [0.25, 0.3) is 0 Å². The molecule has 1 aliphatic rings. The third-order valence-corrected chi connectivity index (χ3v) is 3.78. The average Bonchev–Trinajstić information content (AvgIpc) is 2.25. The molecule has 3 atom stereocenters. The molecular formula is C13H25NO. The van der Waals surface area contributed by atoms with Crippen molar-refractivity contribution in [3.8, 4) is 0 Å². The standard InChI is InChI=1S/C13H25NO/c1-5-7-12(14-3)13(15-4)9-6-8-11(2)10-13/h5,11-12,14H,1,6-10H2,2-4H3. The van der Waals surface area contributed by atoms with Crippen LogP contribution in [-0.4, -0.2) is 25.8 Å². The molecule has 1 fully saturated rings. The Balaban J connectivity index is 2.75. The Kier molecular flexibility index (Phi) is 4.81. The summed E-state index contributed by atoms with van der Waals surface area (Å²) in [6.07, 6.45) is 7.94. The van der Waals surface area contributed by atoms with Crippen molar-refractivity contribution >= 4 is 0 Å². The highest BCUT2D eigenvalue weighted by molar-refractivity contribution is 4.98. The lowest BCUT2D eigenvalue weighted by atomic mass is 9.73. The van der Waals surface area contributed by atoms with Crippen molar-refractivity contribution in [1.82, 2.24) is 5.32 Å². The van der Waals surface area contributed by atoms with E-state index >= 15 is 0 Å². The smallest absolute Gasteiger partial charge is 0.0836 e. The van der Waals surface area contributed by atoms with E-state index < -0.39 is 0 Å². The summed E-state index contributed by atoms with van der Waals surface area (Å²) >= 11 is 0. The van der Waals surface area contributed by atoms with Crippen LogP contribution in [0.3, 0.4) is 0 Å². The van der Waals surface area contributed by atoms with Crippen molar-refractivity contribution in [2.24, 2.45) is 5.92 Å². The van der Waals surface area contributed by atoms with Gasteiger partial charge in [-0.05, 0) is 32.2 Å². The number of hydrogen-bond donors (Lipinski definition) is 1. The first-order chi connectivity index (χ1) is 7.18. The molecule has 2 heteroatoms. The van der Waals surface area contributed by atoms with E-state index in [1.54, 1.807) is 0 Å². The molecular weight excluding hydrogens is 186 g/mol. The molecule has 0 saturated heterocycles. The fourth-order valence-electron chi connectivity index (χ4n) is 2.95. The van der Waals surface area contributed by atoms with Crippen molar-refractivity contribution in [3.05, 3.63) is 12.7 Å². The molecule has 1 saturated carbocycles. The zero-order valence-corrected chi connectivity index (χ0v) is 10.4. The average molecular weight is 211 g/mol. The number of methoxy groups -OCH3 is 1. The largest absolute Gasteiger partial charge is 0.377 e. The first-order valence-corrected chi connectivity index (χ1v) is 6.02. The summed E-state index contributed by atoms with van der Waals surface area (Å²) in [6, 6.07) is 0.405. The molecule has 0 aromatic carbocycles. The number of nitrogens with one attached hydrogen (secondary N) is 1. The normalized spacial score (nSPS) is 33.7. The van der Waals surface area contributed by atoms with Crippen molar-refractivity contribution < 1.29 is 4.74 Å². The van der Waals surface area contributed by atoms with Gasteiger partial charge in [-0.3, -0.25) is 0 Å². The van der Waals surface area contributed by atoms with Gasteiger partial charge in [0.15, 0.2) is 0 Å². The maximum atomic E-state index is 5.84. The van der Waals surface area contributed by atoms with Gasteiger partial charge in [-0.1, -0.05) is 25.8 Å². The van der Waals surface area contributed by atoms with Crippen molar-refractivity contribution in [2.75, 3.05) is 14.2 Å². The minimum Gasteiger partial charge on any atom is -0.377 e. The summed E-state index contributed by atoms with van der Waals surface area (Å²) in [6.45, 7) is 6.16. The van der Waals surface area contributed by atoms with E-state index in [4.69, 9.17) is 4.74 Å². The van der Waals surface area contributed by atoms with Gasteiger partial charge in [0.25, 0.3) is 0 Å². The third-order valence-electron chi connectivity index (χ3n) is 3.78. The van der Waals surface area contributed by atoms with Crippen LogP contribution in [0.15, 0.2) is 12.7 Å². The lowest BCUT2D eigenvalue weighted by molar-refractivity contribution is -0.0769. The van der Waals surface area contributed by atoms with E-state index in [2.05, 4.69) is 18.8 Å². The first kappa shape index (κ1) is 12.7. The monoisotopic (exact) mass is 211 g/mol. The molecule has 3 unspecified atom stereocenters. The predicted octanol–water partition coefficient (Wildman–Crippen LogP) is 2.75. The minimum absolute atomic E-state index is 0.0284. The maximum absolute atomic E-state index is 5.84. The molecule has 0 spiro atoms. The summed E-state index contributed by atoms with van der Waals surface area (Å²) in [5.41, 5.74) is 0.0284. The second-order valence-corrected chi connectivity index (χ2v) is 4.84. The quantitative estimate of drug-likeness (QED) is 0.706. The van der Waals surface area contributed by atoms with Gasteiger partial charge < -0.3 is 10.1 Å². The number of likely N-dealkylation sites (N-methyl/N-ethyl adjacent to an activating group) is 1. The van der Waals surface area contributed by atoms with Gasteiger partial charge in [0.05, 0.1) is 5.60 Å². The summed E-state index contributed by atoms with van der Waals surface area (Å²) in [5, 5.41) is 3.39. The fraction of sp³-hybridized carbons (Fsp3) is 0.846. The second kappa shape index (κ2) is 5.66. The summed E-state index contributed by atoms with van der Waals surface area (Å²) < 4.78 is 5.84. The number of ether oxygens (including phenoxy) is 1. The van der Waals surface area contributed by atoms with Gasteiger partial charge in [0, 0.05) is 13.2 Å². The third kappa shape index (κ3) is 2.82. The minimum atomic E-state index is 0.0284. The molecule has 1 N–H and O–H groups in total. The molecule has 1 rings (SSSR count). The summed E-state index contributed by atoms with van der Waals surface area (Å²) in [7, 11) is 3.87. The van der Waals surface area contributed by atoms with Crippen LogP contribution >= 0.6 is 0 Å². The molecule has 0 bridgehead atoms. The highest BCUT2D eigenvalue weighted by Crippen LogP contribution is 2.38. The van der Waals surface area contributed by atoms with Gasteiger partial charge in [0.1, 0.15) is 0 Å². The predicted molar refractivity (Wildman–Crippen MR) is 65.0 cm³/mol. The molecule has 0 aromatic heterocycles. The molecule has 0 aliphatic heterocycles. The number of rotatable bonds is 5. The molecule has 0 aromatic rings. The molecule has 88 valence electrons. The Morgan fingerprint density at radius 3 is 2.87 bits per heavy atom. The van der Waals surface area contributed by atoms with Crippen LogP contribution in [0.4, 0.5) is 0 Å². The van der Waals surface area contributed by atoms with E-state index in [0.717, 1.165) is 12.3 Å². The summed E-state index contributed by atoms with van der Waals surface area (Å²) in [5.74, 6) is 0.777. The summed E-state index contributed by atoms with van der Waals surface area (Å²) in [4.78, 5) is 0. The Morgan fingerprint density at radius 2 is 2.40 bits per heavy atom. The van der Waals surface area contributed by atoms with Crippen molar-refractivity contribution in [2.45, 2.75) is 50.7 Å². The highest BCUT2D eigenvalue weighted by Gasteiger charge is 2.40. The van der Waals surface area contributed by atoms with Crippen LogP contribution in [0, 0.1) is 5.92 Å². The molecule has 0 heterocycles. The Bertz CT molecular complexity index is 205. The fourth-order valence-corrected chi connectivity index (χ4v) is 2.95. The first-order valence-electron chi connectivity index (χ1n) is 6.02. The Hall–Kier alpha value is -0.340. The number of hydrogen-bond acceptors (Lipinski definition) is 2. The molecule has 0 radical (unpaired) electrons. The van der Waals surface area contributed by atoms with E-state index in [-0.39, 0.29) is 5.60 Å². The SMILES string of the molecule is C=CCC(NC)C1(OC)CCCC(C)C1. The molecule has 1 aliphatic carbocycles. The van der Waals surface area contributed by atoms with E-state index in [1.165, 1.54) is 25.7 Å². The van der Waals surface area contributed by atoms with Gasteiger partial charge in [-0.2, -0.15) is 0 Å². The van der Waals surface area contributed by atoms with E-state index in [9.17, 15) is 0 Å². The van der Waals surface area contributed by atoms with Gasteiger partial charge >= 0.3 is 0 Å². The Labute approximate surface area is 94.1 Å². The second-order valence-electron chi connectivity index (χ2n) is 4.84. The van der Waals surface area contributed by atoms with Crippen LogP contribution in [0.5, 0.6) is 0 Å². The highest BCUT2D eigenvalue weighted by atomic mass is 16.5. The zero-order chi connectivity index (χ0) is 11.3. The molecule has 0 amide bonds. The molecule has 2 nitrogen and oxygen atoms in total. The topological polar surface area (TPSA) is 21.3 Å². The maximum Gasteiger partial charge on any atom is 0.0836 e. The van der Waals surface area contributed by atoms with Crippen molar-refractivity contribution in [1.29, 1.82) is 0 Å². The zero-order valence-electron chi connectivity index (χ0n) is 10.4. The van der Waals surface area contributed by atoms with E-state index in [1.807, 2.05) is 20.2 Å². The van der Waals surface area contributed by atoms with Crippen LogP contribution in [0.1, 0.15) is 39.0 Å². The van der Waals surface area contributed by atoms with Crippen molar-refractivity contribution in [3.63, 3.8) is 0 Å². The molecule has 15 heavy (non-hydrogen) atoms. The lowest BCUT2D eigenvalue weighted by Gasteiger charge is -2.44. The van der Waals surface area contributed by atoms with Gasteiger partial charge in [-0.25, -0.2) is 0 Å². The van der Waals surface area contributed by atoms with Gasteiger partial charge in [0.2, 0.25) is 0 Å². The van der Waals surface area contributed by atoms with Gasteiger partial charge in [-0.15, -0.1) is 6.58 Å². The Morgan fingerprint density at radius 1 is 1.67 bits per heavy atom. The van der Waals surface area contributed by atoms with E-state index in [0.29, 0.717) is 6.04 Å². The van der Waals surface area contributed by atoms with Crippen LogP contribution < -0.4 is 5.32 Å². The lowest BCUT2D eigenvalue weighted by Crippen LogP contribution is -2.53. The van der Waals surface area contributed by atoms with Crippen LogP contribution in [-0.2, 0) is 4.74 Å².